The van der Waals surface area contributed by atoms with E-state index in [2.05, 4.69) is 77.7 Å². The summed E-state index contributed by atoms with van der Waals surface area (Å²) >= 11 is 0. The van der Waals surface area contributed by atoms with Crippen LogP contribution in [0.4, 0.5) is 28.4 Å². The minimum absolute atomic E-state index is 0.00350. The molecule has 4 saturated heterocycles. The van der Waals surface area contributed by atoms with Crippen molar-refractivity contribution in [2.75, 3.05) is 102 Å². The molecule has 460 valence electrons. The fourth-order valence-corrected chi connectivity index (χ4v) is 15.9. The van der Waals surface area contributed by atoms with Crippen molar-refractivity contribution in [2.45, 2.75) is 113 Å². The molecule has 24 heteroatoms. The van der Waals surface area contributed by atoms with Crippen molar-refractivity contribution in [3.8, 4) is 29.0 Å². The molecule has 8 aliphatic rings. The van der Waals surface area contributed by atoms with Crippen LogP contribution in [-0.2, 0) is 30.8 Å². The second-order valence-electron chi connectivity index (χ2n) is 24.7. The summed E-state index contributed by atoms with van der Waals surface area (Å²) in [6, 6.07) is 20.0. The molecular formula is C63H74N10O13S. The van der Waals surface area contributed by atoms with Gasteiger partial charge in [-0.05, 0) is 112 Å². The number of aromatic amines is 1. The van der Waals surface area contributed by atoms with E-state index in [1.54, 1.807) is 26.5 Å². The van der Waals surface area contributed by atoms with Gasteiger partial charge in [-0.15, -0.1) is 0 Å². The molecular weight excluding hydrogens is 1140 g/mol. The minimum Gasteiger partial charge on any atom is -0.491 e. The number of fused-ring (bicyclic) bond motifs is 5. The fourth-order valence-electron chi connectivity index (χ4n) is 14.9. The molecule has 5 fully saturated rings. The molecule has 0 unspecified atom stereocenters. The van der Waals surface area contributed by atoms with Gasteiger partial charge in [0.2, 0.25) is 5.88 Å². The number of nitro benzene ring substituents is 1. The van der Waals surface area contributed by atoms with Crippen LogP contribution >= 0.6 is 0 Å². The van der Waals surface area contributed by atoms with Gasteiger partial charge in [-0.25, -0.2) is 18.1 Å². The Labute approximate surface area is 505 Å². The molecule has 0 bridgehead atoms. The minimum atomic E-state index is -4.73. The number of aromatic nitrogens is 3. The second kappa shape index (κ2) is 23.2. The highest BCUT2D eigenvalue weighted by Gasteiger charge is 2.51. The number of pyridine rings is 2. The number of methoxy groups -OCH3 is 2. The van der Waals surface area contributed by atoms with Crippen molar-refractivity contribution in [1.82, 2.24) is 29.5 Å². The number of sulfonamides is 1. The number of piperidine rings is 1. The smallest absolute Gasteiger partial charge is 0.297 e. The van der Waals surface area contributed by atoms with E-state index in [0.717, 1.165) is 105 Å². The molecule has 10 heterocycles. The van der Waals surface area contributed by atoms with Gasteiger partial charge < -0.3 is 58.0 Å². The molecule has 23 nitrogen and oxygen atoms in total. The van der Waals surface area contributed by atoms with E-state index in [4.69, 9.17) is 42.9 Å². The Hall–Kier alpha value is -7.48. The van der Waals surface area contributed by atoms with E-state index in [1.807, 2.05) is 30.5 Å². The Morgan fingerprint density at radius 1 is 0.885 bits per heavy atom. The zero-order valence-corrected chi connectivity index (χ0v) is 50.2. The number of nitrogens with zero attached hydrogens (tertiary/aromatic N) is 7. The van der Waals surface area contributed by atoms with Crippen LogP contribution in [0.1, 0.15) is 97.9 Å². The summed E-state index contributed by atoms with van der Waals surface area (Å²) in [6.45, 7) is 11.2. The molecule has 87 heavy (non-hydrogen) atoms. The van der Waals surface area contributed by atoms with E-state index >= 15 is 0 Å². The van der Waals surface area contributed by atoms with Crippen molar-refractivity contribution in [2.24, 2.45) is 11.3 Å². The number of hydrogen-bond acceptors (Lipinski definition) is 20. The van der Waals surface area contributed by atoms with E-state index < -0.39 is 37.5 Å². The van der Waals surface area contributed by atoms with Gasteiger partial charge in [0.1, 0.15) is 29.8 Å². The number of nitrogens with one attached hydrogen (secondary N) is 3. The van der Waals surface area contributed by atoms with Gasteiger partial charge in [0.15, 0.2) is 17.2 Å². The van der Waals surface area contributed by atoms with Crippen molar-refractivity contribution < 1.29 is 56.0 Å². The van der Waals surface area contributed by atoms with E-state index in [-0.39, 0.29) is 71.8 Å². The maximum atomic E-state index is 15.0. The summed E-state index contributed by atoms with van der Waals surface area (Å²) in [7, 11) is -1.48. The SMILES string of the molecule is COc1ncc2c(c1OC)COC[C@@H]2N1CCN(C2CC3(CCN(c4ccc(C(=O)NS(=O)(=O)c5cc6c(c([N+](=O)[O-])c5)N[C@H](C5CCOCC5)CO6)c(N5c6cc7cc[nH]c7nc6O[C@H]6COCC[C@@H]65)c4)CC3)C2)[C@H](c2ccccc2OC(C)C)C1. The summed E-state index contributed by atoms with van der Waals surface area (Å²) in [5, 5.41) is 16.7. The number of carbonyl (C=O) groups excluding carboxylic acids is 1. The van der Waals surface area contributed by atoms with E-state index in [0.29, 0.717) is 80.0 Å². The third-order valence-corrected chi connectivity index (χ3v) is 20.7. The number of anilines is 4. The lowest BCUT2D eigenvalue weighted by Gasteiger charge is -2.58. The number of benzene rings is 3. The first-order valence-electron chi connectivity index (χ1n) is 30.5. The summed E-state index contributed by atoms with van der Waals surface area (Å²) in [5.41, 5.74) is 5.71. The van der Waals surface area contributed by atoms with Crippen molar-refractivity contribution >= 4 is 55.4 Å². The lowest BCUT2D eigenvalue weighted by molar-refractivity contribution is -0.384. The number of ether oxygens (including phenoxy) is 8. The average molecular weight is 1210 g/mol. The first-order chi connectivity index (χ1) is 42.2. The van der Waals surface area contributed by atoms with Crippen LogP contribution in [0.5, 0.6) is 29.0 Å². The Morgan fingerprint density at radius 3 is 2.49 bits per heavy atom. The molecule has 3 aromatic carbocycles. The summed E-state index contributed by atoms with van der Waals surface area (Å²) < 4.78 is 79.7. The third kappa shape index (κ3) is 10.7. The van der Waals surface area contributed by atoms with E-state index in [1.165, 1.54) is 11.6 Å². The maximum absolute atomic E-state index is 15.0. The lowest BCUT2D eigenvalue weighted by atomic mass is 9.59. The highest BCUT2D eigenvalue weighted by atomic mass is 32.2. The number of carbonyl (C=O) groups is 1. The zero-order chi connectivity index (χ0) is 59.7. The Bertz CT molecular complexity index is 3710. The number of rotatable bonds is 14. The maximum Gasteiger partial charge on any atom is 0.297 e. The molecule has 6 aromatic rings. The summed E-state index contributed by atoms with van der Waals surface area (Å²) in [4.78, 5) is 49.0. The number of H-pyrrole nitrogens is 1. The fraction of sp³-hybridized carbons (Fsp3) is 0.508. The van der Waals surface area contributed by atoms with Crippen LogP contribution in [0.15, 0.2) is 84.0 Å². The highest BCUT2D eigenvalue weighted by molar-refractivity contribution is 7.90. The van der Waals surface area contributed by atoms with Gasteiger partial charge in [0.25, 0.3) is 27.5 Å². The van der Waals surface area contributed by atoms with Crippen molar-refractivity contribution in [3.05, 3.63) is 111 Å². The van der Waals surface area contributed by atoms with E-state index in [9.17, 15) is 23.3 Å². The number of nitro groups is 1. The molecule has 1 amide bonds. The van der Waals surface area contributed by atoms with Crippen LogP contribution < -0.4 is 43.5 Å². The van der Waals surface area contributed by atoms with Gasteiger partial charge in [0, 0.05) is 105 Å². The third-order valence-electron chi connectivity index (χ3n) is 19.4. The van der Waals surface area contributed by atoms with Gasteiger partial charge in [-0.2, -0.15) is 4.98 Å². The van der Waals surface area contributed by atoms with Crippen LogP contribution in [0.3, 0.4) is 0 Å². The molecule has 7 aliphatic heterocycles. The Kier molecular flexibility index (Phi) is 15.3. The molecule has 1 spiro atoms. The Morgan fingerprint density at radius 2 is 1.70 bits per heavy atom. The average Bonchev–Trinajstić information content (AvgIpc) is 1.42. The van der Waals surface area contributed by atoms with Crippen molar-refractivity contribution in [1.29, 1.82) is 0 Å². The molecule has 0 radical (unpaired) electrons. The molecule has 5 atom stereocenters. The van der Waals surface area contributed by atoms with Gasteiger partial charge in [-0.3, -0.25) is 24.7 Å². The second-order valence-corrected chi connectivity index (χ2v) is 26.4. The van der Waals surface area contributed by atoms with Crippen molar-refractivity contribution in [3.63, 3.8) is 0 Å². The van der Waals surface area contributed by atoms with Crippen LogP contribution in [0, 0.1) is 21.4 Å². The highest BCUT2D eigenvalue weighted by Crippen LogP contribution is 2.55. The van der Waals surface area contributed by atoms with Gasteiger partial charge in [0.05, 0.1) is 85.4 Å². The van der Waals surface area contributed by atoms with Gasteiger partial charge in [-0.1, -0.05) is 18.2 Å². The van der Waals surface area contributed by atoms with Crippen LogP contribution in [0.2, 0.25) is 0 Å². The number of para-hydroxylation sites is 1. The predicted molar refractivity (Wildman–Crippen MR) is 322 cm³/mol. The van der Waals surface area contributed by atoms with Crippen LogP contribution in [0.25, 0.3) is 11.0 Å². The standard InChI is InChI=1S/C63H74N10O13S/c1-37(2)85-54-8-6-5-7-43(54)52-32-70(53-35-83-33-46-45(53)31-65-62(80-4)58(46)79-3)20-21-71(52)41-29-63(30-41)15-18-69(19-16-63)40-9-10-44(49(26-40)72-48-14-24-82-36-56(48)86-61-51(72)25-39-11-17-64-59(39)67-61)60(74)68-87(77,78)42-27-50(73(75)76)57-55(28-42)84-34-47(66-57)38-12-22-81-23-13-38/h5-11,17,25-28,31,37-38,41,47-48,52-53,56,66H,12-16,18-24,29-30,32-36H2,1-4H3,(H,64,67)(H,68,74)/t47-,48-,52-,53-,56-/m0/s1. The zero-order valence-electron chi connectivity index (χ0n) is 49.4. The number of amides is 1. The first-order valence-corrected chi connectivity index (χ1v) is 31.9. The molecule has 1 aliphatic carbocycles. The molecule has 3 N–H and O–H groups in total. The van der Waals surface area contributed by atoms with Gasteiger partial charge >= 0.3 is 0 Å². The molecule has 3 aromatic heterocycles. The lowest BCUT2D eigenvalue weighted by Crippen LogP contribution is -2.60. The molecule has 14 rings (SSSR count). The predicted octanol–water partition coefficient (Wildman–Crippen LogP) is 8.46. The summed E-state index contributed by atoms with van der Waals surface area (Å²) in [6.07, 6.45) is 9.39. The quantitative estimate of drug-likeness (QED) is 0.0683. The Balaban J connectivity index is 0.737. The normalized spacial score (nSPS) is 24.1. The number of piperazine rings is 1. The largest absolute Gasteiger partial charge is 0.491 e. The molecule has 1 saturated carbocycles. The monoisotopic (exact) mass is 1210 g/mol. The topological polar surface area (TPSA) is 247 Å². The summed E-state index contributed by atoms with van der Waals surface area (Å²) in [5.74, 6) is 1.58. The first kappa shape index (κ1) is 57.3. The van der Waals surface area contributed by atoms with Crippen LogP contribution in [-0.4, -0.2) is 161 Å². The number of hydrogen-bond donors (Lipinski definition) is 3.